The third-order valence-electron chi connectivity index (χ3n) is 1.72. The van der Waals surface area contributed by atoms with Crippen LogP contribution in [-0.4, -0.2) is 15.7 Å². The number of unbranched alkanes of at least 4 members (excludes halogenated alkanes) is 2. The van der Waals surface area contributed by atoms with Crippen LogP contribution in [-0.2, 0) is 0 Å². The SMILES string of the molecule is CCCCCSc1nc(N)ncc1Br. The quantitative estimate of drug-likeness (QED) is 0.510. The first-order chi connectivity index (χ1) is 6.74. The van der Waals surface area contributed by atoms with E-state index in [4.69, 9.17) is 5.73 Å². The van der Waals surface area contributed by atoms with Gasteiger partial charge in [-0.25, -0.2) is 9.97 Å². The van der Waals surface area contributed by atoms with E-state index in [2.05, 4.69) is 32.8 Å². The molecular formula is C9H14BrN3S. The van der Waals surface area contributed by atoms with Crippen LogP contribution in [0.5, 0.6) is 0 Å². The first kappa shape index (κ1) is 11.8. The van der Waals surface area contributed by atoms with Crippen LogP contribution in [0, 0.1) is 0 Å². The van der Waals surface area contributed by atoms with Crippen LogP contribution < -0.4 is 5.73 Å². The Balaban J connectivity index is 2.45. The third-order valence-corrected chi connectivity index (χ3v) is 3.64. The Bertz CT molecular complexity index is 293. The van der Waals surface area contributed by atoms with Crippen molar-refractivity contribution < 1.29 is 0 Å². The molecule has 0 saturated heterocycles. The molecule has 14 heavy (non-hydrogen) atoms. The highest BCUT2D eigenvalue weighted by atomic mass is 79.9. The lowest BCUT2D eigenvalue weighted by atomic mass is 10.3. The van der Waals surface area contributed by atoms with Crippen molar-refractivity contribution in [2.45, 2.75) is 31.2 Å². The van der Waals surface area contributed by atoms with E-state index in [9.17, 15) is 0 Å². The highest BCUT2D eigenvalue weighted by Gasteiger charge is 2.03. The molecule has 0 amide bonds. The number of aromatic nitrogens is 2. The zero-order valence-corrected chi connectivity index (χ0v) is 10.6. The molecule has 0 fully saturated rings. The average molecular weight is 276 g/mol. The van der Waals surface area contributed by atoms with Crippen molar-refractivity contribution in [1.82, 2.24) is 9.97 Å². The summed E-state index contributed by atoms with van der Waals surface area (Å²) in [7, 11) is 0. The minimum Gasteiger partial charge on any atom is -0.368 e. The fourth-order valence-electron chi connectivity index (χ4n) is 0.986. The fourth-order valence-corrected chi connectivity index (χ4v) is 2.41. The molecule has 0 bridgehead atoms. The normalized spacial score (nSPS) is 10.4. The van der Waals surface area contributed by atoms with Crippen LogP contribution in [0.4, 0.5) is 5.95 Å². The molecule has 0 aromatic carbocycles. The molecule has 1 aromatic rings. The predicted molar refractivity (Wildman–Crippen MR) is 64.4 cm³/mol. The Labute approximate surface area is 97.0 Å². The van der Waals surface area contributed by atoms with E-state index in [0.717, 1.165) is 15.3 Å². The van der Waals surface area contributed by atoms with E-state index < -0.39 is 0 Å². The van der Waals surface area contributed by atoms with Gasteiger partial charge in [0, 0.05) is 6.20 Å². The molecule has 0 aliphatic heterocycles. The van der Waals surface area contributed by atoms with Gasteiger partial charge in [0.15, 0.2) is 0 Å². The topological polar surface area (TPSA) is 51.8 Å². The number of hydrogen-bond donors (Lipinski definition) is 1. The summed E-state index contributed by atoms with van der Waals surface area (Å²) in [5.74, 6) is 1.43. The number of thioether (sulfide) groups is 1. The van der Waals surface area contributed by atoms with Gasteiger partial charge in [0.25, 0.3) is 0 Å². The molecule has 1 heterocycles. The van der Waals surface area contributed by atoms with Gasteiger partial charge in [-0.1, -0.05) is 19.8 Å². The molecule has 0 spiro atoms. The van der Waals surface area contributed by atoms with Gasteiger partial charge in [-0.2, -0.15) is 0 Å². The molecule has 0 unspecified atom stereocenters. The van der Waals surface area contributed by atoms with Gasteiger partial charge < -0.3 is 5.73 Å². The monoisotopic (exact) mass is 275 g/mol. The second-order valence-electron chi connectivity index (χ2n) is 2.94. The van der Waals surface area contributed by atoms with Crippen LogP contribution in [0.15, 0.2) is 15.7 Å². The largest absolute Gasteiger partial charge is 0.368 e. The minimum atomic E-state index is 0.339. The van der Waals surface area contributed by atoms with Crippen LogP contribution in [0.25, 0.3) is 0 Å². The van der Waals surface area contributed by atoms with Gasteiger partial charge in [-0.3, -0.25) is 0 Å². The minimum absolute atomic E-state index is 0.339. The highest BCUT2D eigenvalue weighted by Crippen LogP contribution is 2.25. The molecule has 3 nitrogen and oxygen atoms in total. The average Bonchev–Trinajstić information content (AvgIpc) is 2.18. The van der Waals surface area contributed by atoms with Crippen LogP contribution in [0.3, 0.4) is 0 Å². The summed E-state index contributed by atoms with van der Waals surface area (Å²) in [6, 6.07) is 0. The number of rotatable bonds is 5. The van der Waals surface area contributed by atoms with Crippen molar-refractivity contribution in [3.8, 4) is 0 Å². The molecular weight excluding hydrogens is 262 g/mol. The van der Waals surface area contributed by atoms with E-state index in [1.165, 1.54) is 19.3 Å². The van der Waals surface area contributed by atoms with E-state index >= 15 is 0 Å². The Hall–Kier alpha value is -0.290. The Morgan fingerprint density at radius 1 is 1.50 bits per heavy atom. The first-order valence-corrected chi connectivity index (χ1v) is 6.42. The maximum absolute atomic E-state index is 5.50. The van der Waals surface area contributed by atoms with E-state index in [-0.39, 0.29) is 0 Å². The molecule has 1 aromatic heterocycles. The summed E-state index contributed by atoms with van der Waals surface area (Å²) in [6.07, 6.45) is 5.43. The Morgan fingerprint density at radius 2 is 2.29 bits per heavy atom. The number of halogens is 1. The number of nitrogens with two attached hydrogens (primary N) is 1. The van der Waals surface area contributed by atoms with E-state index in [1.807, 2.05) is 0 Å². The summed E-state index contributed by atoms with van der Waals surface area (Å²) in [4.78, 5) is 8.04. The zero-order chi connectivity index (χ0) is 10.4. The zero-order valence-electron chi connectivity index (χ0n) is 8.16. The van der Waals surface area contributed by atoms with Gasteiger partial charge >= 0.3 is 0 Å². The van der Waals surface area contributed by atoms with E-state index in [1.54, 1.807) is 18.0 Å². The van der Waals surface area contributed by atoms with Crippen molar-refractivity contribution in [1.29, 1.82) is 0 Å². The van der Waals surface area contributed by atoms with Gasteiger partial charge in [-0.05, 0) is 28.1 Å². The second kappa shape index (κ2) is 6.24. The lowest BCUT2D eigenvalue weighted by Gasteiger charge is -2.02. The summed E-state index contributed by atoms with van der Waals surface area (Å²) >= 11 is 5.12. The smallest absolute Gasteiger partial charge is 0.221 e. The van der Waals surface area contributed by atoms with Gasteiger partial charge in [0.2, 0.25) is 5.95 Å². The fraction of sp³-hybridized carbons (Fsp3) is 0.556. The van der Waals surface area contributed by atoms with Crippen LogP contribution >= 0.6 is 27.7 Å². The molecule has 0 aliphatic rings. The lowest BCUT2D eigenvalue weighted by molar-refractivity contribution is 0.778. The maximum Gasteiger partial charge on any atom is 0.221 e. The van der Waals surface area contributed by atoms with Crippen molar-refractivity contribution >= 4 is 33.6 Å². The summed E-state index contributed by atoms with van der Waals surface area (Å²) < 4.78 is 0.924. The van der Waals surface area contributed by atoms with Crippen molar-refractivity contribution in [2.75, 3.05) is 11.5 Å². The molecule has 0 aliphatic carbocycles. The Kier molecular flexibility index (Phi) is 5.25. The summed E-state index contributed by atoms with van der Waals surface area (Å²) in [5.41, 5.74) is 5.50. The van der Waals surface area contributed by atoms with Gasteiger partial charge in [0.05, 0.1) is 4.47 Å². The third kappa shape index (κ3) is 3.84. The van der Waals surface area contributed by atoms with Crippen LogP contribution in [0.1, 0.15) is 26.2 Å². The second-order valence-corrected chi connectivity index (χ2v) is 4.87. The van der Waals surface area contributed by atoms with Gasteiger partial charge in [-0.15, -0.1) is 11.8 Å². The highest BCUT2D eigenvalue weighted by molar-refractivity contribution is 9.10. The predicted octanol–water partition coefficient (Wildman–Crippen LogP) is 3.10. The molecule has 0 saturated carbocycles. The molecule has 78 valence electrons. The van der Waals surface area contributed by atoms with Gasteiger partial charge in [0.1, 0.15) is 5.03 Å². The first-order valence-electron chi connectivity index (χ1n) is 4.65. The maximum atomic E-state index is 5.50. The number of anilines is 1. The molecule has 1 rings (SSSR count). The van der Waals surface area contributed by atoms with Crippen LogP contribution in [0.2, 0.25) is 0 Å². The van der Waals surface area contributed by atoms with E-state index in [0.29, 0.717) is 5.95 Å². The molecule has 2 N–H and O–H groups in total. The molecule has 0 radical (unpaired) electrons. The number of hydrogen-bond acceptors (Lipinski definition) is 4. The number of nitrogens with zero attached hydrogens (tertiary/aromatic N) is 2. The molecule has 0 atom stereocenters. The van der Waals surface area contributed by atoms with Crippen molar-refractivity contribution in [2.24, 2.45) is 0 Å². The molecule has 5 heteroatoms. The standard InChI is InChI=1S/C9H14BrN3S/c1-2-3-4-5-14-8-7(10)6-12-9(11)13-8/h6H,2-5H2,1H3,(H2,11,12,13). The Morgan fingerprint density at radius 3 is 3.00 bits per heavy atom. The van der Waals surface area contributed by atoms with Crippen molar-refractivity contribution in [3.05, 3.63) is 10.7 Å². The van der Waals surface area contributed by atoms with Crippen molar-refractivity contribution in [3.63, 3.8) is 0 Å². The summed E-state index contributed by atoms with van der Waals surface area (Å²) in [6.45, 7) is 2.20. The lowest BCUT2D eigenvalue weighted by Crippen LogP contribution is -1.96. The summed E-state index contributed by atoms with van der Waals surface area (Å²) in [5, 5.41) is 0.939. The number of nitrogen functional groups attached to an aromatic ring is 1.